The van der Waals surface area contributed by atoms with Gasteiger partial charge in [-0.1, -0.05) is 18.2 Å². The maximum atomic E-state index is 12.4. The predicted octanol–water partition coefficient (Wildman–Crippen LogP) is 2.60. The number of sulfonamides is 1. The first-order chi connectivity index (χ1) is 14.5. The maximum Gasteiger partial charge on any atom is 0.261 e. The van der Waals surface area contributed by atoms with Crippen LogP contribution in [-0.4, -0.2) is 32.4 Å². The van der Waals surface area contributed by atoms with Crippen molar-refractivity contribution in [2.24, 2.45) is 0 Å². The zero-order valence-corrected chi connectivity index (χ0v) is 16.7. The third kappa shape index (κ3) is 5.33. The first kappa shape index (κ1) is 20.8. The molecule has 0 aliphatic carbocycles. The Kier molecular flexibility index (Phi) is 6.62. The van der Waals surface area contributed by atoms with E-state index < -0.39 is 10.0 Å². The molecule has 0 atom stereocenters. The van der Waals surface area contributed by atoms with Crippen molar-refractivity contribution in [2.45, 2.75) is 4.90 Å². The molecular formula is C21H19N5O3S. The van der Waals surface area contributed by atoms with Crippen molar-refractivity contribution in [1.29, 1.82) is 5.26 Å². The third-order valence-electron chi connectivity index (χ3n) is 4.08. The fourth-order valence-electron chi connectivity index (χ4n) is 2.60. The Bertz CT molecular complexity index is 1160. The van der Waals surface area contributed by atoms with Crippen LogP contribution in [0.3, 0.4) is 0 Å². The summed E-state index contributed by atoms with van der Waals surface area (Å²) in [7, 11) is -3.74. The SMILES string of the molecule is N#Cc1cccnc1NCCNC(=O)c1ccc(S(=O)(=O)Nc2ccccc2)cc1. The molecule has 8 nitrogen and oxygen atoms in total. The summed E-state index contributed by atoms with van der Waals surface area (Å²) in [5, 5.41) is 14.7. The molecular weight excluding hydrogens is 402 g/mol. The molecule has 2 aromatic carbocycles. The van der Waals surface area contributed by atoms with Crippen LogP contribution in [0.25, 0.3) is 0 Å². The molecule has 0 fully saturated rings. The molecule has 3 aromatic rings. The van der Waals surface area contributed by atoms with Gasteiger partial charge in [-0.15, -0.1) is 0 Å². The van der Waals surface area contributed by atoms with E-state index in [1.807, 2.05) is 6.07 Å². The lowest BCUT2D eigenvalue weighted by molar-refractivity contribution is 0.0955. The van der Waals surface area contributed by atoms with E-state index in [1.54, 1.807) is 48.7 Å². The van der Waals surface area contributed by atoms with Crippen LogP contribution in [0.2, 0.25) is 0 Å². The van der Waals surface area contributed by atoms with Crippen LogP contribution in [-0.2, 0) is 10.0 Å². The highest BCUT2D eigenvalue weighted by molar-refractivity contribution is 7.92. The number of aromatic nitrogens is 1. The summed E-state index contributed by atoms with van der Waals surface area (Å²) in [6, 6.07) is 19.6. The molecule has 0 aliphatic rings. The number of benzene rings is 2. The minimum absolute atomic E-state index is 0.0590. The van der Waals surface area contributed by atoms with Gasteiger partial charge in [0.1, 0.15) is 11.9 Å². The number of hydrogen-bond acceptors (Lipinski definition) is 6. The highest BCUT2D eigenvalue weighted by Crippen LogP contribution is 2.16. The molecule has 0 saturated heterocycles. The van der Waals surface area contributed by atoms with Gasteiger partial charge in [-0.2, -0.15) is 5.26 Å². The summed E-state index contributed by atoms with van der Waals surface area (Å²) < 4.78 is 27.3. The summed E-state index contributed by atoms with van der Waals surface area (Å²) >= 11 is 0. The van der Waals surface area contributed by atoms with Gasteiger partial charge in [-0.3, -0.25) is 9.52 Å². The van der Waals surface area contributed by atoms with Crippen molar-refractivity contribution in [3.05, 3.63) is 84.1 Å². The number of amides is 1. The normalized spacial score (nSPS) is 10.6. The van der Waals surface area contributed by atoms with E-state index in [-0.39, 0.29) is 10.8 Å². The lowest BCUT2D eigenvalue weighted by Crippen LogP contribution is -2.29. The van der Waals surface area contributed by atoms with Gasteiger partial charge in [0.05, 0.1) is 10.5 Å². The quantitative estimate of drug-likeness (QED) is 0.480. The molecule has 152 valence electrons. The highest BCUT2D eigenvalue weighted by atomic mass is 32.2. The van der Waals surface area contributed by atoms with Crippen LogP contribution in [0.4, 0.5) is 11.5 Å². The van der Waals surface area contributed by atoms with Gasteiger partial charge in [0, 0.05) is 30.5 Å². The fourth-order valence-corrected chi connectivity index (χ4v) is 3.66. The Labute approximate surface area is 174 Å². The van der Waals surface area contributed by atoms with Crippen molar-refractivity contribution in [2.75, 3.05) is 23.1 Å². The van der Waals surface area contributed by atoms with Crippen molar-refractivity contribution >= 4 is 27.4 Å². The highest BCUT2D eigenvalue weighted by Gasteiger charge is 2.15. The first-order valence-corrected chi connectivity index (χ1v) is 10.5. The largest absolute Gasteiger partial charge is 0.367 e. The van der Waals surface area contributed by atoms with Gasteiger partial charge >= 0.3 is 0 Å². The number of anilines is 2. The summed E-state index contributed by atoms with van der Waals surface area (Å²) in [4.78, 5) is 16.4. The van der Waals surface area contributed by atoms with Crippen molar-refractivity contribution in [3.8, 4) is 6.07 Å². The van der Waals surface area contributed by atoms with Gasteiger partial charge < -0.3 is 10.6 Å². The number of carbonyl (C=O) groups excluding carboxylic acids is 1. The number of nitrogens with one attached hydrogen (secondary N) is 3. The van der Waals surface area contributed by atoms with Gasteiger partial charge in [-0.25, -0.2) is 13.4 Å². The molecule has 30 heavy (non-hydrogen) atoms. The second-order valence-corrected chi connectivity index (χ2v) is 7.87. The van der Waals surface area contributed by atoms with E-state index in [0.29, 0.717) is 35.7 Å². The van der Waals surface area contributed by atoms with E-state index in [2.05, 4.69) is 20.3 Å². The van der Waals surface area contributed by atoms with Gasteiger partial charge in [0.2, 0.25) is 0 Å². The van der Waals surface area contributed by atoms with Crippen LogP contribution in [0.15, 0.2) is 77.8 Å². The average molecular weight is 421 g/mol. The number of carbonyl (C=O) groups is 1. The zero-order chi connectivity index (χ0) is 21.4. The van der Waals surface area contributed by atoms with E-state index in [4.69, 9.17) is 5.26 Å². The van der Waals surface area contributed by atoms with Crippen molar-refractivity contribution in [1.82, 2.24) is 10.3 Å². The molecule has 9 heteroatoms. The smallest absolute Gasteiger partial charge is 0.261 e. The van der Waals surface area contributed by atoms with Crippen LogP contribution in [0.1, 0.15) is 15.9 Å². The molecule has 1 heterocycles. The second-order valence-electron chi connectivity index (χ2n) is 6.19. The summed E-state index contributed by atoms with van der Waals surface area (Å²) in [6.45, 7) is 0.681. The lowest BCUT2D eigenvalue weighted by atomic mass is 10.2. The number of nitriles is 1. The Balaban J connectivity index is 1.54. The molecule has 0 saturated carbocycles. The molecule has 0 bridgehead atoms. The van der Waals surface area contributed by atoms with Crippen molar-refractivity contribution in [3.63, 3.8) is 0 Å². The van der Waals surface area contributed by atoms with Gasteiger partial charge in [-0.05, 0) is 48.5 Å². The van der Waals surface area contributed by atoms with Crippen LogP contribution in [0, 0.1) is 11.3 Å². The Morgan fingerprint density at radius 1 is 0.967 bits per heavy atom. The third-order valence-corrected chi connectivity index (χ3v) is 5.48. The first-order valence-electron chi connectivity index (χ1n) is 9.05. The second kappa shape index (κ2) is 9.54. The van der Waals surface area contributed by atoms with E-state index in [9.17, 15) is 13.2 Å². The van der Waals surface area contributed by atoms with E-state index in [0.717, 1.165) is 0 Å². The summed E-state index contributed by atoms with van der Waals surface area (Å²) in [5.74, 6) is 0.119. The fraction of sp³-hybridized carbons (Fsp3) is 0.0952. The number of hydrogen-bond donors (Lipinski definition) is 3. The Morgan fingerprint density at radius 2 is 1.70 bits per heavy atom. The zero-order valence-electron chi connectivity index (χ0n) is 15.9. The molecule has 0 unspecified atom stereocenters. The number of rotatable bonds is 8. The molecule has 0 aliphatic heterocycles. The number of nitrogens with zero attached hydrogens (tertiary/aromatic N) is 2. The summed E-state index contributed by atoms with van der Waals surface area (Å²) in [6.07, 6.45) is 1.57. The summed E-state index contributed by atoms with van der Waals surface area (Å²) in [5.41, 5.74) is 1.22. The minimum Gasteiger partial charge on any atom is -0.367 e. The standard InChI is InChI=1S/C21H19N5O3S/c22-15-17-5-4-12-23-20(17)24-13-14-25-21(27)16-8-10-19(11-9-16)30(28,29)26-18-6-2-1-3-7-18/h1-12,26H,13-14H2,(H,23,24)(H,25,27). The Morgan fingerprint density at radius 3 is 2.40 bits per heavy atom. The molecule has 0 radical (unpaired) electrons. The van der Waals surface area contributed by atoms with E-state index in [1.165, 1.54) is 24.3 Å². The van der Waals surface area contributed by atoms with Crippen molar-refractivity contribution < 1.29 is 13.2 Å². The number of pyridine rings is 1. The Hall–Kier alpha value is -3.90. The van der Waals surface area contributed by atoms with E-state index >= 15 is 0 Å². The average Bonchev–Trinajstić information content (AvgIpc) is 2.77. The lowest BCUT2D eigenvalue weighted by Gasteiger charge is -2.10. The topological polar surface area (TPSA) is 124 Å². The monoisotopic (exact) mass is 421 g/mol. The van der Waals surface area contributed by atoms with Crippen LogP contribution in [0.5, 0.6) is 0 Å². The molecule has 3 N–H and O–H groups in total. The predicted molar refractivity (Wildman–Crippen MR) is 113 cm³/mol. The minimum atomic E-state index is -3.74. The molecule has 0 spiro atoms. The molecule has 3 rings (SSSR count). The number of para-hydroxylation sites is 1. The van der Waals surface area contributed by atoms with Gasteiger partial charge in [0.25, 0.3) is 15.9 Å². The van der Waals surface area contributed by atoms with Gasteiger partial charge in [0.15, 0.2) is 0 Å². The molecule has 1 aromatic heterocycles. The molecule has 1 amide bonds. The maximum absolute atomic E-state index is 12.4. The van der Waals surface area contributed by atoms with Crippen LogP contribution >= 0.6 is 0 Å². The van der Waals surface area contributed by atoms with Crippen LogP contribution < -0.4 is 15.4 Å².